The Morgan fingerprint density at radius 1 is 1.07 bits per heavy atom. The summed E-state index contributed by atoms with van der Waals surface area (Å²) in [4.78, 5) is 52.9. The molecule has 4 N–H and O–H groups in total. The summed E-state index contributed by atoms with van der Waals surface area (Å²) >= 11 is 0. The second kappa shape index (κ2) is 19.1. The van der Waals surface area contributed by atoms with E-state index in [4.69, 9.17) is 19.9 Å². The van der Waals surface area contributed by atoms with E-state index in [0.29, 0.717) is 37.1 Å². The SMILES string of the molecule is COc1ccc2c(O[C@@H]3C[C@H]4C(=O)N[C@@H]5C[C@H]5/C=C\CC[C@@H](C)C[C@@H](C)CC(=O)N4C3)nccc2c1.NC(=O)OC1CCCCC1.O=CNS(=O)(=O)C1(F)CC1.[HH].[HH].[HH]. The third-order valence-corrected chi connectivity index (χ3v) is 12.7. The van der Waals surface area contributed by atoms with E-state index in [9.17, 15) is 32.0 Å². The molecule has 7 rings (SSSR count). The number of carbonyl (C=O) groups excluding carboxylic acids is 4. The van der Waals surface area contributed by atoms with Crippen molar-refractivity contribution in [1.29, 1.82) is 0 Å². The van der Waals surface area contributed by atoms with Gasteiger partial charge in [0.25, 0.3) is 10.0 Å². The quantitative estimate of drug-likeness (QED) is 0.215. The Kier molecular flexibility index (Phi) is 14.6. The minimum absolute atomic E-state index is 0. The van der Waals surface area contributed by atoms with Crippen LogP contribution in [0.3, 0.4) is 0 Å². The molecule has 3 saturated carbocycles. The number of hydrogen-bond donors (Lipinski definition) is 3. The molecule has 1 aromatic carbocycles. The second-order valence-corrected chi connectivity index (χ2v) is 17.7. The molecule has 6 atom stereocenters. The van der Waals surface area contributed by atoms with Crippen LogP contribution in [0, 0.1) is 17.8 Å². The van der Waals surface area contributed by atoms with Gasteiger partial charge >= 0.3 is 6.09 Å². The number of amides is 4. The van der Waals surface area contributed by atoms with Gasteiger partial charge < -0.3 is 30.2 Å². The molecule has 3 aliphatic carbocycles. The number of ether oxygens (including phenoxy) is 3. The molecule has 1 saturated heterocycles. The van der Waals surface area contributed by atoms with Crippen molar-refractivity contribution in [3.05, 3.63) is 42.6 Å². The van der Waals surface area contributed by atoms with Gasteiger partial charge in [-0.2, -0.15) is 0 Å². The maximum atomic E-state index is 13.4. The Bertz CT molecular complexity index is 1850. The van der Waals surface area contributed by atoms with E-state index < -0.39 is 27.2 Å². The van der Waals surface area contributed by atoms with Gasteiger partial charge in [0, 0.05) is 47.6 Å². The van der Waals surface area contributed by atoms with Crippen LogP contribution in [0.25, 0.3) is 10.8 Å². The van der Waals surface area contributed by atoms with Crippen LogP contribution in [0.2, 0.25) is 0 Å². The monoisotopic (exact) mass is 807 g/mol. The Hall–Kier alpha value is -4.47. The van der Waals surface area contributed by atoms with Gasteiger partial charge in [-0.1, -0.05) is 32.4 Å². The molecule has 2 aromatic rings. The number of sulfonamides is 1. The van der Waals surface area contributed by atoms with Gasteiger partial charge in [0.2, 0.25) is 29.1 Å². The van der Waals surface area contributed by atoms with Crippen LogP contribution >= 0.6 is 0 Å². The van der Waals surface area contributed by atoms with Crippen molar-refractivity contribution in [2.45, 2.75) is 127 Å². The maximum absolute atomic E-state index is 13.4. The van der Waals surface area contributed by atoms with Gasteiger partial charge in [-0.15, -0.1) is 0 Å². The van der Waals surface area contributed by atoms with Crippen molar-refractivity contribution < 1.29 is 50.5 Å². The van der Waals surface area contributed by atoms with E-state index in [0.717, 1.165) is 67.9 Å². The minimum atomic E-state index is -4.02. The number of allylic oxidation sites excluding steroid dienone is 1. The lowest BCUT2D eigenvalue weighted by Gasteiger charge is -2.25. The van der Waals surface area contributed by atoms with Gasteiger partial charge in [0.05, 0.1) is 13.7 Å². The number of fused-ring (bicyclic) bond motifs is 3. The number of hydrogen-bond acceptors (Lipinski definition) is 10. The smallest absolute Gasteiger partial charge is 0.404 e. The number of carbonyl (C=O) groups is 4. The first-order chi connectivity index (χ1) is 26.7. The number of methoxy groups -OCH3 is 1. The van der Waals surface area contributed by atoms with Crippen LogP contribution < -0.4 is 25.2 Å². The average molecular weight is 808 g/mol. The van der Waals surface area contributed by atoms with E-state index in [-0.39, 0.29) is 59.5 Å². The van der Waals surface area contributed by atoms with Crippen molar-refractivity contribution in [1.82, 2.24) is 19.9 Å². The molecule has 16 heteroatoms. The minimum Gasteiger partial charge on any atom is -0.497 e. The molecule has 0 spiro atoms. The van der Waals surface area contributed by atoms with E-state index in [1.165, 1.54) is 11.1 Å². The summed E-state index contributed by atoms with van der Waals surface area (Å²) in [6.07, 6.45) is 16.0. The highest BCUT2D eigenvalue weighted by atomic mass is 32.2. The number of aromatic nitrogens is 1. The number of alkyl halides is 1. The molecule has 314 valence electrons. The summed E-state index contributed by atoms with van der Waals surface area (Å²) in [5.74, 6) is 2.50. The summed E-state index contributed by atoms with van der Waals surface area (Å²) in [7, 11) is -2.38. The molecular formula is C40H62FN5O9S. The standard InChI is InChI=1S/C29H37N3O4.C7H13NO2.C4H6FNO3S.3H2/c1-18-6-4-5-7-21-15-25(21)31-28(34)26-16-23(17-32(26)27(33)13-19(2)12-18)36-29-24-9-8-22(35-3)14-20(24)10-11-30-29;8-7(9)10-6-4-2-1-3-5-6;5-4(1-2-4)10(8,9)6-3-7;;;/h5,7-11,14,18-19,21,23,25-26H,4,6,12-13,15-17H2,1-3H3,(H,31,34);6H,1-5H2,(H2,8,9);3H,1-2H2,(H,6,7);3*1H/b7-5-;;;;;/t18-,19-,21-,23-,25-,26+;;;;;/m1...../s1. The first kappa shape index (κ1) is 42.7. The maximum Gasteiger partial charge on any atom is 0.404 e. The molecule has 56 heavy (non-hydrogen) atoms. The fraction of sp³-hybridized carbons (Fsp3) is 0.625. The van der Waals surface area contributed by atoms with Crippen LogP contribution in [0.4, 0.5) is 9.18 Å². The highest BCUT2D eigenvalue weighted by Gasteiger charge is 2.56. The van der Waals surface area contributed by atoms with Gasteiger partial charge in [0.1, 0.15) is 24.0 Å². The number of rotatable bonds is 7. The number of benzene rings is 1. The number of pyridine rings is 1. The molecule has 0 unspecified atom stereocenters. The molecule has 0 bridgehead atoms. The lowest BCUT2D eigenvalue weighted by atomic mass is 9.91. The average Bonchev–Trinajstić information content (AvgIpc) is 4.05. The second-order valence-electron chi connectivity index (χ2n) is 15.7. The Balaban J connectivity index is 0.000000429. The zero-order valence-electron chi connectivity index (χ0n) is 32.5. The lowest BCUT2D eigenvalue weighted by Crippen LogP contribution is -2.47. The van der Waals surface area contributed by atoms with Crippen LogP contribution in [0.5, 0.6) is 11.6 Å². The Labute approximate surface area is 333 Å². The van der Waals surface area contributed by atoms with Gasteiger partial charge in [-0.05, 0) is 98.8 Å². The molecular weight excluding hydrogens is 746 g/mol. The Morgan fingerprint density at radius 2 is 1.82 bits per heavy atom. The van der Waals surface area contributed by atoms with Crippen molar-refractivity contribution in [2.24, 2.45) is 23.5 Å². The van der Waals surface area contributed by atoms with Gasteiger partial charge in [-0.3, -0.25) is 19.1 Å². The zero-order chi connectivity index (χ0) is 40.5. The first-order valence-corrected chi connectivity index (χ1v) is 21.2. The fourth-order valence-electron chi connectivity index (χ4n) is 7.62. The van der Waals surface area contributed by atoms with E-state index in [1.807, 2.05) is 24.3 Å². The predicted octanol–water partition coefficient (Wildman–Crippen LogP) is 6.17. The number of nitrogens with two attached hydrogens (primary N) is 1. The molecule has 4 amide bonds. The third kappa shape index (κ3) is 11.8. The topological polar surface area (TPSA) is 196 Å². The number of halogens is 1. The largest absolute Gasteiger partial charge is 0.497 e. The Morgan fingerprint density at radius 3 is 2.50 bits per heavy atom. The van der Waals surface area contributed by atoms with Crippen molar-refractivity contribution >= 4 is 45.1 Å². The highest BCUT2D eigenvalue weighted by molar-refractivity contribution is 7.91. The van der Waals surface area contributed by atoms with Crippen molar-refractivity contribution in [3.8, 4) is 11.6 Å². The van der Waals surface area contributed by atoms with Crippen LogP contribution in [0.15, 0.2) is 42.6 Å². The van der Waals surface area contributed by atoms with Crippen molar-refractivity contribution in [2.75, 3.05) is 13.7 Å². The fourth-order valence-corrected chi connectivity index (χ4v) is 8.60. The van der Waals surface area contributed by atoms with Gasteiger partial charge in [0.15, 0.2) is 0 Å². The van der Waals surface area contributed by atoms with Crippen LogP contribution in [0.1, 0.15) is 102 Å². The third-order valence-electron chi connectivity index (χ3n) is 11.0. The molecule has 5 aliphatic rings. The summed E-state index contributed by atoms with van der Waals surface area (Å²) in [6, 6.07) is 7.34. The predicted molar refractivity (Wildman–Crippen MR) is 214 cm³/mol. The molecule has 3 heterocycles. The van der Waals surface area contributed by atoms with E-state index in [2.05, 4.69) is 36.3 Å². The van der Waals surface area contributed by atoms with E-state index in [1.54, 1.807) is 18.2 Å². The molecule has 4 fully saturated rings. The molecule has 1 aromatic heterocycles. The molecule has 2 aliphatic heterocycles. The summed E-state index contributed by atoms with van der Waals surface area (Å²) < 4.78 is 51.8. The summed E-state index contributed by atoms with van der Waals surface area (Å²) in [5.41, 5.74) is 4.86. The van der Waals surface area contributed by atoms with E-state index >= 15 is 0 Å². The lowest BCUT2D eigenvalue weighted by molar-refractivity contribution is -0.139. The molecule has 0 radical (unpaired) electrons. The summed E-state index contributed by atoms with van der Waals surface area (Å²) in [5, 5.41) is 2.87. The molecule has 14 nitrogen and oxygen atoms in total. The number of primary amides is 1. The van der Waals surface area contributed by atoms with Crippen molar-refractivity contribution in [3.63, 3.8) is 0 Å². The van der Waals surface area contributed by atoms with Gasteiger partial charge in [-0.25, -0.2) is 22.6 Å². The number of nitrogens with zero attached hydrogens (tertiary/aromatic N) is 2. The first-order valence-electron chi connectivity index (χ1n) is 19.7. The number of nitrogens with one attached hydrogen (secondary N) is 2. The normalized spacial score (nSPS) is 28.1. The summed E-state index contributed by atoms with van der Waals surface area (Å²) in [6.45, 7) is 4.81. The van der Waals surface area contributed by atoms with Crippen LogP contribution in [-0.2, 0) is 29.1 Å². The van der Waals surface area contributed by atoms with Crippen LogP contribution in [-0.4, -0.2) is 85.6 Å². The highest BCUT2D eigenvalue weighted by Crippen LogP contribution is 2.44. The zero-order valence-corrected chi connectivity index (χ0v) is 33.3.